The third kappa shape index (κ3) is 3.62. The van der Waals surface area contributed by atoms with Crippen LogP contribution in [0.15, 0.2) is 60.0 Å². The van der Waals surface area contributed by atoms with Gasteiger partial charge in [0.25, 0.3) is 0 Å². The van der Waals surface area contributed by atoms with Gasteiger partial charge in [0, 0.05) is 12.7 Å². The van der Waals surface area contributed by atoms with Crippen LogP contribution in [0.1, 0.15) is 23.6 Å². The van der Waals surface area contributed by atoms with E-state index in [1.54, 1.807) is 13.4 Å². The van der Waals surface area contributed by atoms with E-state index in [1.165, 1.54) is 22.9 Å². The molecular formula is C21H22N4O2S. The second-order valence-corrected chi connectivity index (χ2v) is 7.67. The normalized spacial score (nSPS) is 15.3. The molecule has 0 saturated carbocycles. The molecule has 0 fully saturated rings. The van der Waals surface area contributed by atoms with Gasteiger partial charge in [-0.15, -0.1) is 10.2 Å². The van der Waals surface area contributed by atoms with Crippen LogP contribution in [0.4, 0.5) is 0 Å². The number of thioether (sulfide) groups is 1. The molecule has 0 saturated heterocycles. The van der Waals surface area contributed by atoms with Gasteiger partial charge in [-0.25, -0.2) is 0 Å². The van der Waals surface area contributed by atoms with Gasteiger partial charge >= 0.3 is 0 Å². The standard InChI is InChI=1S/C21H22N4O2S/c1-24(19-12-7-15-5-3-4-6-18(15)19)20(26)13-28-21-23-22-14-25(21)16-8-10-17(27-2)11-9-16/h3-6,8-11,14,19H,7,12-13H2,1-2H3. The number of carbonyl (C=O) groups excluding carboxylic acids is 1. The van der Waals surface area contributed by atoms with E-state index in [9.17, 15) is 4.79 Å². The molecule has 28 heavy (non-hydrogen) atoms. The highest BCUT2D eigenvalue weighted by atomic mass is 32.2. The highest BCUT2D eigenvalue weighted by molar-refractivity contribution is 7.99. The van der Waals surface area contributed by atoms with Crippen LogP contribution in [0.5, 0.6) is 5.75 Å². The predicted molar refractivity (Wildman–Crippen MR) is 109 cm³/mol. The molecule has 144 valence electrons. The van der Waals surface area contributed by atoms with Crippen LogP contribution in [0.2, 0.25) is 0 Å². The molecular weight excluding hydrogens is 372 g/mol. The summed E-state index contributed by atoms with van der Waals surface area (Å²) >= 11 is 1.40. The number of rotatable bonds is 6. The molecule has 0 bridgehead atoms. The van der Waals surface area contributed by atoms with Crippen molar-refractivity contribution >= 4 is 17.7 Å². The molecule has 1 unspecified atom stereocenters. The molecule has 1 amide bonds. The Hall–Kier alpha value is -2.80. The SMILES string of the molecule is COc1ccc(-n2cnnc2SCC(=O)N(C)C2CCc3ccccc32)cc1. The van der Waals surface area contributed by atoms with Crippen molar-refractivity contribution in [2.45, 2.75) is 24.0 Å². The molecule has 2 aromatic carbocycles. The van der Waals surface area contributed by atoms with Gasteiger partial charge in [-0.2, -0.15) is 0 Å². The van der Waals surface area contributed by atoms with Crippen LogP contribution in [-0.4, -0.2) is 45.5 Å². The number of nitrogens with zero attached hydrogens (tertiary/aromatic N) is 4. The average Bonchev–Trinajstić information content (AvgIpc) is 3.38. The summed E-state index contributed by atoms with van der Waals surface area (Å²) in [6, 6.07) is 16.2. The zero-order valence-electron chi connectivity index (χ0n) is 15.9. The van der Waals surface area contributed by atoms with Gasteiger partial charge in [0.1, 0.15) is 12.1 Å². The Labute approximate surface area is 168 Å². The van der Waals surface area contributed by atoms with E-state index in [-0.39, 0.29) is 11.9 Å². The summed E-state index contributed by atoms with van der Waals surface area (Å²) in [6.07, 6.45) is 3.66. The summed E-state index contributed by atoms with van der Waals surface area (Å²) in [5.41, 5.74) is 3.54. The number of fused-ring (bicyclic) bond motifs is 1. The minimum absolute atomic E-state index is 0.0935. The molecule has 6 nitrogen and oxygen atoms in total. The first-order chi connectivity index (χ1) is 13.7. The maximum absolute atomic E-state index is 12.8. The number of ether oxygens (including phenoxy) is 1. The maximum Gasteiger partial charge on any atom is 0.233 e. The Balaban J connectivity index is 1.42. The Kier molecular flexibility index (Phi) is 5.34. The molecule has 1 atom stereocenters. The topological polar surface area (TPSA) is 60.2 Å². The highest BCUT2D eigenvalue weighted by Gasteiger charge is 2.28. The first-order valence-corrected chi connectivity index (χ1v) is 10.2. The maximum atomic E-state index is 12.8. The number of aryl methyl sites for hydroxylation is 1. The molecule has 1 heterocycles. The van der Waals surface area contributed by atoms with Gasteiger partial charge < -0.3 is 9.64 Å². The van der Waals surface area contributed by atoms with Crippen molar-refractivity contribution in [2.24, 2.45) is 0 Å². The molecule has 1 aliphatic carbocycles. The minimum Gasteiger partial charge on any atom is -0.497 e. The Morgan fingerprint density at radius 2 is 2.04 bits per heavy atom. The van der Waals surface area contributed by atoms with Crippen LogP contribution in [0.25, 0.3) is 5.69 Å². The van der Waals surface area contributed by atoms with Gasteiger partial charge in [-0.3, -0.25) is 9.36 Å². The largest absolute Gasteiger partial charge is 0.497 e. The lowest BCUT2D eigenvalue weighted by atomic mass is 10.1. The Morgan fingerprint density at radius 1 is 1.25 bits per heavy atom. The first kappa shape index (κ1) is 18.6. The van der Waals surface area contributed by atoms with Crippen LogP contribution >= 0.6 is 11.8 Å². The molecule has 1 aliphatic rings. The van der Waals surface area contributed by atoms with E-state index >= 15 is 0 Å². The molecule has 0 spiro atoms. The van der Waals surface area contributed by atoms with Crippen LogP contribution in [0.3, 0.4) is 0 Å². The molecule has 3 aromatic rings. The summed E-state index contributed by atoms with van der Waals surface area (Å²) in [5, 5.41) is 8.87. The summed E-state index contributed by atoms with van der Waals surface area (Å²) in [7, 11) is 3.53. The van der Waals surface area contributed by atoms with E-state index in [2.05, 4.69) is 28.4 Å². The van der Waals surface area contributed by atoms with Crippen molar-refractivity contribution < 1.29 is 9.53 Å². The second-order valence-electron chi connectivity index (χ2n) is 6.73. The fourth-order valence-corrected chi connectivity index (χ4v) is 4.43. The smallest absolute Gasteiger partial charge is 0.233 e. The Morgan fingerprint density at radius 3 is 2.82 bits per heavy atom. The van der Waals surface area contributed by atoms with Gasteiger partial charge in [0.2, 0.25) is 5.91 Å². The number of aromatic nitrogens is 3. The molecule has 0 aliphatic heterocycles. The van der Waals surface area contributed by atoms with Gasteiger partial charge in [0.05, 0.1) is 18.9 Å². The molecule has 0 N–H and O–H groups in total. The monoisotopic (exact) mass is 394 g/mol. The zero-order chi connectivity index (χ0) is 19.5. The van der Waals surface area contributed by atoms with Crippen molar-refractivity contribution in [3.05, 3.63) is 66.0 Å². The van der Waals surface area contributed by atoms with Crippen molar-refractivity contribution in [3.8, 4) is 11.4 Å². The fourth-order valence-electron chi connectivity index (χ4n) is 3.58. The van der Waals surface area contributed by atoms with E-state index in [4.69, 9.17) is 4.74 Å². The lowest BCUT2D eigenvalue weighted by Crippen LogP contribution is -2.31. The number of benzene rings is 2. The van der Waals surface area contributed by atoms with E-state index in [1.807, 2.05) is 46.8 Å². The van der Waals surface area contributed by atoms with Gasteiger partial charge in [0.15, 0.2) is 5.16 Å². The van der Waals surface area contributed by atoms with Gasteiger partial charge in [-0.1, -0.05) is 36.0 Å². The quantitative estimate of drug-likeness (QED) is 0.599. The number of carbonyl (C=O) groups is 1. The fraction of sp³-hybridized carbons (Fsp3) is 0.286. The third-order valence-corrected chi connectivity index (χ3v) is 6.08. The lowest BCUT2D eigenvalue weighted by molar-refractivity contribution is -0.129. The predicted octanol–water partition coefficient (Wildman–Crippen LogP) is 3.51. The number of methoxy groups -OCH3 is 1. The van der Waals surface area contributed by atoms with E-state index < -0.39 is 0 Å². The third-order valence-electron chi connectivity index (χ3n) is 5.15. The molecule has 7 heteroatoms. The van der Waals surface area contributed by atoms with Crippen molar-refractivity contribution in [1.82, 2.24) is 19.7 Å². The number of hydrogen-bond acceptors (Lipinski definition) is 5. The number of amides is 1. The average molecular weight is 395 g/mol. The summed E-state index contributed by atoms with van der Waals surface area (Å²) in [5.74, 6) is 1.21. The number of hydrogen-bond donors (Lipinski definition) is 0. The Bertz CT molecular complexity index is 971. The van der Waals surface area contributed by atoms with Crippen LogP contribution in [-0.2, 0) is 11.2 Å². The van der Waals surface area contributed by atoms with Crippen molar-refractivity contribution in [3.63, 3.8) is 0 Å². The second kappa shape index (κ2) is 8.06. The summed E-state index contributed by atoms with van der Waals surface area (Å²) < 4.78 is 7.08. The highest BCUT2D eigenvalue weighted by Crippen LogP contribution is 2.35. The summed E-state index contributed by atoms with van der Waals surface area (Å²) in [4.78, 5) is 14.7. The van der Waals surface area contributed by atoms with E-state index in [0.29, 0.717) is 10.9 Å². The van der Waals surface area contributed by atoms with E-state index in [0.717, 1.165) is 24.3 Å². The van der Waals surface area contributed by atoms with Crippen molar-refractivity contribution in [1.29, 1.82) is 0 Å². The molecule has 0 radical (unpaired) electrons. The van der Waals surface area contributed by atoms with Crippen molar-refractivity contribution in [2.75, 3.05) is 19.9 Å². The zero-order valence-corrected chi connectivity index (χ0v) is 16.7. The van der Waals surface area contributed by atoms with Crippen LogP contribution in [0, 0.1) is 0 Å². The minimum atomic E-state index is 0.0935. The lowest BCUT2D eigenvalue weighted by Gasteiger charge is -2.25. The molecule has 4 rings (SSSR count). The van der Waals surface area contributed by atoms with Crippen LogP contribution < -0.4 is 4.74 Å². The first-order valence-electron chi connectivity index (χ1n) is 9.18. The molecule has 1 aromatic heterocycles. The summed E-state index contributed by atoms with van der Waals surface area (Å²) in [6.45, 7) is 0. The van der Waals surface area contributed by atoms with Gasteiger partial charge in [-0.05, 0) is 48.2 Å².